The number of aliphatic hydroxyl groups excluding tert-OH is 1. The predicted octanol–water partition coefficient (Wildman–Crippen LogP) is 5.18. The summed E-state index contributed by atoms with van der Waals surface area (Å²) in [6.07, 6.45) is 4.07. The second-order valence-electron chi connectivity index (χ2n) is 7.81. The maximum absolute atomic E-state index is 9.85. The zero-order valence-corrected chi connectivity index (χ0v) is 17.8. The van der Waals surface area contributed by atoms with Gasteiger partial charge in [0, 0.05) is 11.9 Å². The quantitative estimate of drug-likeness (QED) is 0.612. The van der Waals surface area contributed by atoms with E-state index in [0.717, 1.165) is 52.0 Å². The molecule has 1 atom stereocenters. The number of pyridine rings is 2. The van der Waals surface area contributed by atoms with E-state index in [-0.39, 0.29) is 12.6 Å². The van der Waals surface area contributed by atoms with Crippen LogP contribution in [0.25, 0.3) is 22.3 Å². The molecule has 5 heteroatoms. The summed E-state index contributed by atoms with van der Waals surface area (Å²) in [5.41, 5.74) is 7.01. The Morgan fingerprint density at radius 2 is 1.89 bits per heavy atom. The Morgan fingerprint density at radius 1 is 1.14 bits per heavy atom. The van der Waals surface area contributed by atoms with Crippen molar-refractivity contribution in [2.45, 2.75) is 59.4 Å². The molecule has 28 heavy (non-hydrogen) atoms. The maximum Gasteiger partial charge on any atom is 0.222 e. The molecule has 0 spiro atoms. The average Bonchev–Trinajstić information content (AvgIpc) is 3.00. The van der Waals surface area contributed by atoms with Crippen molar-refractivity contribution in [3.8, 4) is 17.1 Å². The summed E-state index contributed by atoms with van der Waals surface area (Å²) in [7, 11) is 1.65. The van der Waals surface area contributed by atoms with Crippen molar-refractivity contribution in [1.29, 1.82) is 0 Å². The molecule has 3 aromatic heterocycles. The van der Waals surface area contributed by atoms with Crippen LogP contribution in [-0.2, 0) is 0 Å². The van der Waals surface area contributed by atoms with E-state index in [1.165, 1.54) is 0 Å². The standard InChI is InChI=1S/C23H31N3O2/c1-7-8-17(13-27)26-12-16(5)22-20(26)11-15(4)21(25-22)18-9-10-19(14(2)3)24-23(18)28-6/h9-12,14,17,27H,7-8,13H2,1-6H3/t17-/m0/s1. The third-order valence-corrected chi connectivity index (χ3v) is 5.33. The molecule has 3 heterocycles. The van der Waals surface area contributed by atoms with E-state index in [1.54, 1.807) is 7.11 Å². The van der Waals surface area contributed by atoms with E-state index >= 15 is 0 Å². The molecule has 0 fully saturated rings. The van der Waals surface area contributed by atoms with Crippen LogP contribution in [0.2, 0.25) is 0 Å². The Bertz CT molecular complexity index is 976. The van der Waals surface area contributed by atoms with Crippen molar-refractivity contribution in [1.82, 2.24) is 14.5 Å². The lowest BCUT2D eigenvalue weighted by Gasteiger charge is -2.17. The van der Waals surface area contributed by atoms with Gasteiger partial charge in [0.1, 0.15) is 0 Å². The first kappa shape index (κ1) is 20.3. The van der Waals surface area contributed by atoms with Crippen LogP contribution in [0, 0.1) is 13.8 Å². The fraction of sp³-hybridized carbons (Fsp3) is 0.478. The number of aliphatic hydroxyl groups is 1. The molecule has 1 N–H and O–H groups in total. The second-order valence-corrected chi connectivity index (χ2v) is 7.81. The monoisotopic (exact) mass is 381 g/mol. The van der Waals surface area contributed by atoms with Gasteiger partial charge in [-0.25, -0.2) is 9.97 Å². The van der Waals surface area contributed by atoms with Crippen molar-refractivity contribution < 1.29 is 9.84 Å². The first-order valence-electron chi connectivity index (χ1n) is 10.1. The minimum absolute atomic E-state index is 0.0785. The SMILES string of the molecule is CCC[C@@H](CO)n1cc(C)c2nc(-c3ccc(C(C)C)nc3OC)c(C)cc21. The molecule has 0 aliphatic heterocycles. The molecule has 0 aliphatic rings. The van der Waals surface area contributed by atoms with E-state index in [4.69, 9.17) is 9.72 Å². The number of rotatable bonds is 7. The highest BCUT2D eigenvalue weighted by atomic mass is 16.5. The van der Waals surface area contributed by atoms with E-state index < -0.39 is 0 Å². The largest absolute Gasteiger partial charge is 0.480 e. The Kier molecular flexibility index (Phi) is 6.04. The van der Waals surface area contributed by atoms with Crippen LogP contribution >= 0.6 is 0 Å². The summed E-state index contributed by atoms with van der Waals surface area (Å²) in [5, 5.41) is 9.85. The molecule has 0 saturated carbocycles. The number of ether oxygens (including phenoxy) is 1. The van der Waals surface area contributed by atoms with E-state index in [0.29, 0.717) is 11.8 Å². The van der Waals surface area contributed by atoms with Crippen molar-refractivity contribution >= 4 is 11.0 Å². The first-order chi connectivity index (χ1) is 13.4. The summed E-state index contributed by atoms with van der Waals surface area (Å²) in [6.45, 7) is 10.7. The molecule has 0 unspecified atom stereocenters. The lowest BCUT2D eigenvalue weighted by atomic mass is 10.0. The smallest absolute Gasteiger partial charge is 0.222 e. The summed E-state index contributed by atoms with van der Waals surface area (Å²) < 4.78 is 7.77. The fourth-order valence-corrected chi connectivity index (χ4v) is 3.76. The predicted molar refractivity (Wildman–Crippen MR) is 114 cm³/mol. The summed E-state index contributed by atoms with van der Waals surface area (Å²) in [6, 6.07) is 6.35. The second kappa shape index (κ2) is 8.31. The number of aryl methyl sites for hydroxylation is 2. The van der Waals surface area contributed by atoms with Crippen LogP contribution in [-0.4, -0.2) is 33.4 Å². The van der Waals surface area contributed by atoms with Gasteiger partial charge in [0.2, 0.25) is 5.88 Å². The summed E-state index contributed by atoms with van der Waals surface area (Å²) in [5.74, 6) is 0.946. The van der Waals surface area contributed by atoms with Crippen molar-refractivity contribution in [3.05, 3.63) is 41.2 Å². The highest BCUT2D eigenvalue weighted by molar-refractivity contribution is 5.85. The number of methoxy groups -OCH3 is 1. The molecular weight excluding hydrogens is 350 g/mol. The molecule has 0 bridgehead atoms. The Balaban J connectivity index is 2.17. The minimum atomic E-state index is 0.0785. The van der Waals surface area contributed by atoms with Gasteiger partial charge in [0.05, 0.1) is 42.0 Å². The maximum atomic E-state index is 9.85. The summed E-state index contributed by atoms with van der Waals surface area (Å²) >= 11 is 0. The topological polar surface area (TPSA) is 60.2 Å². The lowest BCUT2D eigenvalue weighted by Crippen LogP contribution is -2.12. The molecule has 0 radical (unpaired) electrons. The molecule has 0 aromatic carbocycles. The van der Waals surface area contributed by atoms with Gasteiger partial charge in [-0.05, 0) is 55.5 Å². The van der Waals surface area contributed by atoms with Gasteiger partial charge in [-0.2, -0.15) is 0 Å². The Morgan fingerprint density at radius 3 is 2.50 bits per heavy atom. The molecule has 0 aliphatic carbocycles. The van der Waals surface area contributed by atoms with Gasteiger partial charge in [-0.15, -0.1) is 0 Å². The molecule has 0 saturated heterocycles. The van der Waals surface area contributed by atoms with Crippen molar-refractivity contribution in [3.63, 3.8) is 0 Å². The van der Waals surface area contributed by atoms with Gasteiger partial charge in [-0.1, -0.05) is 27.2 Å². The third-order valence-electron chi connectivity index (χ3n) is 5.33. The van der Waals surface area contributed by atoms with E-state index in [2.05, 4.69) is 68.6 Å². The van der Waals surface area contributed by atoms with Crippen molar-refractivity contribution in [2.75, 3.05) is 13.7 Å². The number of fused-ring (bicyclic) bond motifs is 1. The normalized spacial score (nSPS) is 12.7. The zero-order valence-electron chi connectivity index (χ0n) is 17.8. The number of nitrogens with zero attached hydrogens (tertiary/aromatic N) is 3. The average molecular weight is 382 g/mol. The minimum Gasteiger partial charge on any atom is -0.480 e. The highest BCUT2D eigenvalue weighted by Crippen LogP contribution is 2.34. The Hall–Kier alpha value is -2.40. The molecular formula is C23H31N3O2. The Labute approximate surface area is 167 Å². The van der Waals surface area contributed by atoms with E-state index in [1.807, 2.05) is 0 Å². The highest BCUT2D eigenvalue weighted by Gasteiger charge is 2.19. The third kappa shape index (κ3) is 3.63. The van der Waals surface area contributed by atoms with Crippen molar-refractivity contribution in [2.24, 2.45) is 0 Å². The fourth-order valence-electron chi connectivity index (χ4n) is 3.76. The zero-order chi connectivity index (χ0) is 20.4. The number of hydrogen-bond donors (Lipinski definition) is 1. The van der Waals surface area contributed by atoms with Crippen LogP contribution in [0.1, 0.15) is 62.4 Å². The lowest BCUT2D eigenvalue weighted by molar-refractivity contribution is 0.223. The molecule has 5 nitrogen and oxygen atoms in total. The van der Waals surface area contributed by atoms with Crippen LogP contribution < -0.4 is 4.74 Å². The number of aromatic nitrogens is 3. The summed E-state index contributed by atoms with van der Waals surface area (Å²) in [4.78, 5) is 9.68. The van der Waals surface area contributed by atoms with Crippen LogP contribution in [0.5, 0.6) is 5.88 Å². The molecule has 0 amide bonds. The van der Waals surface area contributed by atoms with Gasteiger partial charge < -0.3 is 14.4 Å². The number of hydrogen-bond acceptors (Lipinski definition) is 4. The first-order valence-corrected chi connectivity index (χ1v) is 10.1. The van der Waals surface area contributed by atoms with Gasteiger partial charge in [0.15, 0.2) is 0 Å². The molecule has 3 rings (SSSR count). The molecule has 150 valence electrons. The van der Waals surface area contributed by atoms with Gasteiger partial charge in [0.25, 0.3) is 0 Å². The van der Waals surface area contributed by atoms with Gasteiger partial charge >= 0.3 is 0 Å². The van der Waals surface area contributed by atoms with Gasteiger partial charge in [-0.3, -0.25) is 0 Å². The van der Waals surface area contributed by atoms with E-state index in [9.17, 15) is 5.11 Å². The van der Waals surface area contributed by atoms with Crippen LogP contribution in [0.15, 0.2) is 24.4 Å². The molecule has 3 aromatic rings. The van der Waals surface area contributed by atoms with Crippen LogP contribution in [0.4, 0.5) is 0 Å². The van der Waals surface area contributed by atoms with Crippen LogP contribution in [0.3, 0.4) is 0 Å².